The fourth-order valence-corrected chi connectivity index (χ4v) is 4.09. The van der Waals surface area contributed by atoms with Gasteiger partial charge in [-0.2, -0.15) is 0 Å². The Kier molecular flexibility index (Phi) is 5.78. The van der Waals surface area contributed by atoms with E-state index in [4.69, 9.17) is 4.74 Å². The molecular formula is C16H25FN2O3S. The lowest BCUT2D eigenvalue weighted by Gasteiger charge is -2.33. The number of ether oxygens (including phenoxy) is 1. The maximum absolute atomic E-state index is 14.2. The van der Waals surface area contributed by atoms with Gasteiger partial charge in [-0.15, -0.1) is 0 Å². The van der Waals surface area contributed by atoms with Gasteiger partial charge in [-0.3, -0.25) is 0 Å². The first-order valence-corrected chi connectivity index (χ1v) is 9.24. The minimum atomic E-state index is -3.68. The van der Waals surface area contributed by atoms with Crippen molar-refractivity contribution in [2.45, 2.75) is 56.4 Å². The van der Waals surface area contributed by atoms with Crippen molar-refractivity contribution in [2.24, 2.45) is 0 Å². The van der Waals surface area contributed by atoms with Crippen LogP contribution in [0.2, 0.25) is 0 Å². The van der Waals surface area contributed by atoms with Crippen LogP contribution in [0.15, 0.2) is 23.1 Å². The summed E-state index contributed by atoms with van der Waals surface area (Å²) < 4.78 is 45.7. The molecule has 1 aromatic rings. The molecule has 1 aliphatic rings. The van der Waals surface area contributed by atoms with E-state index in [-0.39, 0.29) is 35.3 Å². The molecule has 2 unspecified atom stereocenters. The van der Waals surface area contributed by atoms with Crippen LogP contribution in [0.25, 0.3) is 0 Å². The second-order valence-corrected chi connectivity index (χ2v) is 8.43. The third-order valence-electron chi connectivity index (χ3n) is 4.10. The number of halogens is 1. The highest BCUT2D eigenvalue weighted by molar-refractivity contribution is 7.89. The van der Waals surface area contributed by atoms with Crippen molar-refractivity contribution in [1.29, 1.82) is 0 Å². The highest BCUT2D eigenvalue weighted by atomic mass is 32.2. The molecule has 2 rings (SSSR count). The number of nitrogens with one attached hydrogen (secondary N) is 1. The summed E-state index contributed by atoms with van der Waals surface area (Å²) in [5.74, 6) is -0.506. The van der Waals surface area contributed by atoms with Crippen molar-refractivity contribution in [3.8, 4) is 0 Å². The Morgan fingerprint density at radius 1 is 1.26 bits per heavy atom. The van der Waals surface area contributed by atoms with Gasteiger partial charge in [-0.25, -0.2) is 17.1 Å². The molecule has 1 heterocycles. The molecule has 130 valence electrons. The van der Waals surface area contributed by atoms with E-state index in [1.165, 1.54) is 32.3 Å². The Morgan fingerprint density at radius 3 is 2.43 bits per heavy atom. The van der Waals surface area contributed by atoms with Gasteiger partial charge in [0.25, 0.3) is 0 Å². The van der Waals surface area contributed by atoms with Gasteiger partial charge >= 0.3 is 0 Å². The van der Waals surface area contributed by atoms with Crippen LogP contribution in [-0.4, -0.2) is 45.1 Å². The molecular weight excluding hydrogens is 319 g/mol. The van der Waals surface area contributed by atoms with Gasteiger partial charge in [0.05, 0.1) is 17.1 Å². The molecule has 23 heavy (non-hydrogen) atoms. The fraction of sp³-hybridized carbons (Fsp3) is 0.625. The summed E-state index contributed by atoms with van der Waals surface area (Å²) in [5, 5.41) is 3.29. The van der Waals surface area contributed by atoms with E-state index in [0.29, 0.717) is 0 Å². The van der Waals surface area contributed by atoms with Crippen molar-refractivity contribution < 1.29 is 17.5 Å². The van der Waals surface area contributed by atoms with E-state index < -0.39 is 15.8 Å². The Balaban J connectivity index is 2.20. The van der Waals surface area contributed by atoms with Gasteiger partial charge in [0.2, 0.25) is 10.0 Å². The van der Waals surface area contributed by atoms with E-state index >= 15 is 0 Å². The molecule has 0 bridgehead atoms. The molecule has 2 atom stereocenters. The summed E-state index contributed by atoms with van der Waals surface area (Å²) in [6.07, 6.45) is 1.94. The van der Waals surface area contributed by atoms with Gasteiger partial charge in [0, 0.05) is 32.2 Å². The Bertz CT molecular complexity index is 639. The first kappa shape index (κ1) is 18.3. The SMILES string of the molecule is CC1CC(NCc2c(F)cccc2S(=O)(=O)N(C)C)CC(C)O1. The molecule has 0 aliphatic carbocycles. The topological polar surface area (TPSA) is 58.6 Å². The smallest absolute Gasteiger partial charge is 0.242 e. The van der Waals surface area contributed by atoms with E-state index in [9.17, 15) is 12.8 Å². The molecule has 1 aliphatic heterocycles. The van der Waals surface area contributed by atoms with Gasteiger partial charge in [0.1, 0.15) is 5.82 Å². The van der Waals surface area contributed by atoms with Crippen molar-refractivity contribution in [2.75, 3.05) is 14.1 Å². The van der Waals surface area contributed by atoms with E-state index in [1.54, 1.807) is 0 Å². The van der Waals surface area contributed by atoms with Crippen molar-refractivity contribution >= 4 is 10.0 Å². The van der Waals surface area contributed by atoms with Crippen molar-refractivity contribution in [1.82, 2.24) is 9.62 Å². The van der Waals surface area contributed by atoms with E-state index in [2.05, 4.69) is 5.32 Å². The number of hydrogen-bond acceptors (Lipinski definition) is 4. The fourth-order valence-electron chi connectivity index (χ4n) is 2.97. The predicted octanol–water partition coefficient (Wildman–Crippen LogP) is 2.12. The van der Waals surface area contributed by atoms with Gasteiger partial charge in [0.15, 0.2) is 0 Å². The zero-order chi connectivity index (χ0) is 17.2. The first-order chi connectivity index (χ1) is 10.7. The zero-order valence-electron chi connectivity index (χ0n) is 14.0. The third kappa shape index (κ3) is 4.29. The van der Waals surface area contributed by atoms with Crippen LogP contribution in [-0.2, 0) is 21.3 Å². The second kappa shape index (κ2) is 7.25. The highest BCUT2D eigenvalue weighted by Gasteiger charge is 2.26. The van der Waals surface area contributed by atoms with Crippen LogP contribution in [0.4, 0.5) is 4.39 Å². The largest absolute Gasteiger partial charge is 0.375 e. The van der Waals surface area contributed by atoms with Gasteiger partial charge < -0.3 is 10.1 Å². The van der Waals surface area contributed by atoms with Gasteiger partial charge in [-0.05, 0) is 38.8 Å². The Morgan fingerprint density at radius 2 is 1.87 bits per heavy atom. The molecule has 7 heteroatoms. The summed E-state index contributed by atoms with van der Waals surface area (Å²) in [6.45, 7) is 4.20. The average molecular weight is 344 g/mol. The Hall–Kier alpha value is -1.02. The highest BCUT2D eigenvalue weighted by Crippen LogP contribution is 2.23. The minimum absolute atomic E-state index is 0.0168. The van der Waals surface area contributed by atoms with Crippen molar-refractivity contribution in [3.05, 3.63) is 29.6 Å². The third-order valence-corrected chi connectivity index (χ3v) is 6.00. The van der Waals surface area contributed by atoms with Crippen LogP contribution in [0.3, 0.4) is 0 Å². The molecule has 0 amide bonds. The molecule has 1 aromatic carbocycles. The second-order valence-electron chi connectivity index (χ2n) is 6.31. The quantitative estimate of drug-likeness (QED) is 0.889. The monoisotopic (exact) mass is 344 g/mol. The average Bonchev–Trinajstić information content (AvgIpc) is 2.44. The maximum Gasteiger partial charge on any atom is 0.242 e. The summed E-state index contributed by atoms with van der Waals surface area (Å²) in [6, 6.07) is 4.35. The number of nitrogens with zero attached hydrogens (tertiary/aromatic N) is 1. The molecule has 0 spiro atoms. The van der Waals surface area contributed by atoms with Crippen molar-refractivity contribution in [3.63, 3.8) is 0 Å². The molecule has 0 aromatic heterocycles. The predicted molar refractivity (Wildman–Crippen MR) is 87.1 cm³/mol. The lowest BCUT2D eigenvalue weighted by molar-refractivity contribution is -0.0423. The van der Waals surface area contributed by atoms with Crippen LogP contribution >= 0.6 is 0 Å². The number of hydrogen-bond donors (Lipinski definition) is 1. The summed E-state index contributed by atoms with van der Waals surface area (Å²) in [5.41, 5.74) is 0.188. The van der Waals surface area contributed by atoms with Crippen LogP contribution < -0.4 is 5.32 Å². The lowest BCUT2D eigenvalue weighted by Crippen LogP contribution is -2.41. The number of rotatable bonds is 5. The van der Waals surface area contributed by atoms with Crippen LogP contribution in [0, 0.1) is 5.82 Å². The zero-order valence-corrected chi connectivity index (χ0v) is 14.9. The Labute approximate surface area is 137 Å². The first-order valence-electron chi connectivity index (χ1n) is 7.80. The molecule has 0 radical (unpaired) electrons. The van der Waals surface area contributed by atoms with Gasteiger partial charge in [-0.1, -0.05) is 6.07 Å². The molecule has 0 saturated carbocycles. The standard InChI is InChI=1S/C16H25FN2O3S/c1-11-8-13(9-12(2)22-11)18-10-14-15(17)6-5-7-16(14)23(20,21)19(3)4/h5-7,11-13,18H,8-10H2,1-4H3. The molecule has 1 fully saturated rings. The summed E-state index contributed by atoms with van der Waals surface area (Å²) >= 11 is 0. The summed E-state index contributed by atoms with van der Waals surface area (Å²) in [7, 11) is -0.788. The normalized spacial score (nSPS) is 25.7. The minimum Gasteiger partial charge on any atom is -0.375 e. The molecule has 1 saturated heterocycles. The molecule has 5 nitrogen and oxygen atoms in total. The van der Waals surface area contributed by atoms with Crippen LogP contribution in [0.5, 0.6) is 0 Å². The van der Waals surface area contributed by atoms with E-state index in [0.717, 1.165) is 17.1 Å². The van der Waals surface area contributed by atoms with Crippen LogP contribution in [0.1, 0.15) is 32.3 Å². The number of sulfonamides is 1. The maximum atomic E-state index is 14.2. The summed E-state index contributed by atoms with van der Waals surface area (Å²) in [4.78, 5) is 0.0168. The molecule has 1 N–H and O–H groups in total. The number of benzene rings is 1. The lowest BCUT2D eigenvalue weighted by atomic mass is 9.99. The van der Waals surface area contributed by atoms with E-state index in [1.807, 2.05) is 13.8 Å².